The molecule has 1 aromatic carbocycles. The molecule has 0 aliphatic heterocycles. The van der Waals surface area contributed by atoms with Crippen molar-refractivity contribution in [2.75, 3.05) is 5.75 Å². The van der Waals surface area contributed by atoms with Crippen molar-refractivity contribution in [1.82, 2.24) is 4.72 Å². The highest BCUT2D eigenvalue weighted by molar-refractivity contribution is 7.89. The summed E-state index contributed by atoms with van der Waals surface area (Å²) in [4.78, 5) is 0. The SMILES string of the molecule is CCS(=O)(=O)NCc1c(C)c(C)cc(C)c1C. The van der Waals surface area contributed by atoms with Crippen LogP contribution in [0.2, 0.25) is 0 Å². The fraction of sp³-hybridized carbons (Fsp3) is 0.538. The summed E-state index contributed by atoms with van der Waals surface area (Å²) >= 11 is 0. The second-order valence-electron chi connectivity index (χ2n) is 4.46. The summed E-state index contributed by atoms with van der Waals surface area (Å²) in [6, 6.07) is 2.14. The van der Waals surface area contributed by atoms with Crippen LogP contribution in [-0.2, 0) is 16.6 Å². The molecule has 0 bridgehead atoms. The molecule has 1 N–H and O–H groups in total. The monoisotopic (exact) mass is 255 g/mol. The van der Waals surface area contributed by atoms with E-state index in [-0.39, 0.29) is 5.75 Å². The average molecular weight is 255 g/mol. The second-order valence-corrected chi connectivity index (χ2v) is 6.56. The Labute approximate surface area is 104 Å². The molecule has 4 heteroatoms. The van der Waals surface area contributed by atoms with Crippen LogP contribution in [-0.4, -0.2) is 14.2 Å². The first kappa shape index (κ1) is 14.2. The largest absolute Gasteiger partial charge is 0.212 e. The van der Waals surface area contributed by atoms with Crippen LogP contribution < -0.4 is 4.72 Å². The highest BCUT2D eigenvalue weighted by atomic mass is 32.2. The molecule has 0 unspecified atom stereocenters. The molecule has 0 atom stereocenters. The third-order valence-electron chi connectivity index (χ3n) is 3.37. The van der Waals surface area contributed by atoms with Gasteiger partial charge in [0, 0.05) is 6.54 Å². The number of hydrogen-bond donors (Lipinski definition) is 1. The van der Waals surface area contributed by atoms with E-state index in [2.05, 4.69) is 24.6 Å². The van der Waals surface area contributed by atoms with E-state index >= 15 is 0 Å². The summed E-state index contributed by atoms with van der Waals surface area (Å²) in [7, 11) is -3.13. The lowest BCUT2D eigenvalue weighted by atomic mass is 9.94. The standard InChI is InChI=1S/C13H21NO2S/c1-6-17(15,16)14-8-13-11(4)9(2)7-10(3)12(13)5/h7,14H,6,8H2,1-5H3. The van der Waals surface area contributed by atoms with E-state index < -0.39 is 10.0 Å². The minimum absolute atomic E-state index is 0.121. The number of aryl methyl sites for hydroxylation is 2. The van der Waals surface area contributed by atoms with Crippen molar-refractivity contribution in [3.05, 3.63) is 33.9 Å². The first-order valence-electron chi connectivity index (χ1n) is 5.82. The zero-order chi connectivity index (χ0) is 13.2. The molecular formula is C13H21NO2S. The third-order valence-corrected chi connectivity index (χ3v) is 4.71. The maximum absolute atomic E-state index is 11.5. The fourth-order valence-electron chi connectivity index (χ4n) is 1.85. The van der Waals surface area contributed by atoms with Gasteiger partial charge in [-0.15, -0.1) is 0 Å². The van der Waals surface area contributed by atoms with Crippen molar-refractivity contribution in [2.45, 2.75) is 41.2 Å². The van der Waals surface area contributed by atoms with Crippen molar-refractivity contribution in [3.8, 4) is 0 Å². The van der Waals surface area contributed by atoms with E-state index in [0.29, 0.717) is 6.54 Å². The maximum Gasteiger partial charge on any atom is 0.211 e. The van der Waals surface area contributed by atoms with Crippen molar-refractivity contribution < 1.29 is 8.42 Å². The van der Waals surface area contributed by atoms with Gasteiger partial charge in [0.15, 0.2) is 0 Å². The van der Waals surface area contributed by atoms with Crippen LogP contribution >= 0.6 is 0 Å². The molecule has 3 nitrogen and oxygen atoms in total. The Morgan fingerprint density at radius 3 is 1.94 bits per heavy atom. The molecule has 0 saturated carbocycles. The van der Waals surface area contributed by atoms with Crippen LogP contribution in [0.3, 0.4) is 0 Å². The van der Waals surface area contributed by atoms with Crippen molar-refractivity contribution in [2.24, 2.45) is 0 Å². The van der Waals surface area contributed by atoms with Gasteiger partial charge >= 0.3 is 0 Å². The molecule has 0 saturated heterocycles. The minimum Gasteiger partial charge on any atom is -0.212 e. The van der Waals surface area contributed by atoms with Gasteiger partial charge in [-0.2, -0.15) is 0 Å². The van der Waals surface area contributed by atoms with Crippen LogP contribution in [0.15, 0.2) is 6.07 Å². The highest BCUT2D eigenvalue weighted by Gasteiger charge is 2.11. The van der Waals surface area contributed by atoms with Gasteiger partial charge in [-0.25, -0.2) is 13.1 Å². The molecular weight excluding hydrogens is 234 g/mol. The van der Waals surface area contributed by atoms with E-state index in [1.165, 1.54) is 22.3 Å². The van der Waals surface area contributed by atoms with Gasteiger partial charge in [0.05, 0.1) is 5.75 Å². The molecule has 0 aromatic heterocycles. The van der Waals surface area contributed by atoms with Crippen LogP contribution in [0.4, 0.5) is 0 Å². The van der Waals surface area contributed by atoms with Crippen LogP contribution in [0.5, 0.6) is 0 Å². The van der Waals surface area contributed by atoms with Crippen molar-refractivity contribution in [3.63, 3.8) is 0 Å². The summed E-state index contributed by atoms with van der Waals surface area (Å²) in [5.41, 5.74) is 5.86. The van der Waals surface area contributed by atoms with Crippen LogP contribution in [0.25, 0.3) is 0 Å². The molecule has 17 heavy (non-hydrogen) atoms. The summed E-state index contributed by atoms with van der Waals surface area (Å²) in [6.45, 7) is 10.2. The summed E-state index contributed by atoms with van der Waals surface area (Å²) in [6.07, 6.45) is 0. The summed E-state index contributed by atoms with van der Waals surface area (Å²) in [5, 5.41) is 0. The van der Waals surface area contributed by atoms with E-state index in [1.54, 1.807) is 6.92 Å². The number of rotatable bonds is 4. The van der Waals surface area contributed by atoms with Gasteiger partial charge in [0.25, 0.3) is 0 Å². The lowest BCUT2D eigenvalue weighted by Gasteiger charge is -2.15. The molecule has 0 amide bonds. The number of sulfonamides is 1. The Bertz CT molecular complexity index is 492. The molecule has 0 aliphatic rings. The maximum atomic E-state index is 11.5. The van der Waals surface area contributed by atoms with E-state index in [4.69, 9.17) is 0 Å². The number of benzene rings is 1. The van der Waals surface area contributed by atoms with E-state index in [1.807, 2.05) is 13.8 Å². The van der Waals surface area contributed by atoms with Gasteiger partial charge in [-0.1, -0.05) is 6.07 Å². The predicted molar refractivity (Wildman–Crippen MR) is 71.7 cm³/mol. The molecule has 0 aliphatic carbocycles. The van der Waals surface area contributed by atoms with E-state index in [9.17, 15) is 8.42 Å². The van der Waals surface area contributed by atoms with Crippen molar-refractivity contribution >= 4 is 10.0 Å². The fourth-order valence-corrected chi connectivity index (χ4v) is 2.42. The highest BCUT2D eigenvalue weighted by Crippen LogP contribution is 2.21. The summed E-state index contributed by atoms with van der Waals surface area (Å²) < 4.78 is 25.5. The topological polar surface area (TPSA) is 46.2 Å². The Balaban J connectivity index is 3.07. The lowest BCUT2D eigenvalue weighted by Crippen LogP contribution is -2.25. The average Bonchev–Trinajstić information content (AvgIpc) is 2.26. The van der Waals surface area contributed by atoms with Crippen molar-refractivity contribution in [1.29, 1.82) is 0 Å². The molecule has 0 spiro atoms. The molecule has 1 rings (SSSR count). The minimum atomic E-state index is -3.13. The normalized spacial score (nSPS) is 11.8. The first-order chi connectivity index (χ1) is 7.78. The number of hydrogen-bond acceptors (Lipinski definition) is 2. The lowest BCUT2D eigenvalue weighted by molar-refractivity contribution is 0.582. The van der Waals surface area contributed by atoms with Gasteiger partial charge in [-0.3, -0.25) is 0 Å². The first-order valence-corrected chi connectivity index (χ1v) is 7.47. The molecule has 96 valence electrons. The smallest absolute Gasteiger partial charge is 0.211 e. The second kappa shape index (κ2) is 5.19. The van der Waals surface area contributed by atoms with Crippen LogP contribution in [0.1, 0.15) is 34.7 Å². The van der Waals surface area contributed by atoms with Gasteiger partial charge in [0.2, 0.25) is 10.0 Å². The Kier molecular flexibility index (Phi) is 4.33. The van der Waals surface area contributed by atoms with Gasteiger partial charge < -0.3 is 0 Å². The molecule has 0 fully saturated rings. The zero-order valence-electron chi connectivity index (χ0n) is 11.2. The predicted octanol–water partition coefficient (Wildman–Crippen LogP) is 2.36. The molecule has 1 aromatic rings. The molecule has 0 radical (unpaired) electrons. The van der Waals surface area contributed by atoms with Gasteiger partial charge in [-0.05, 0) is 62.4 Å². The number of nitrogens with one attached hydrogen (secondary N) is 1. The zero-order valence-corrected chi connectivity index (χ0v) is 12.0. The van der Waals surface area contributed by atoms with Gasteiger partial charge in [0.1, 0.15) is 0 Å². The van der Waals surface area contributed by atoms with Crippen LogP contribution in [0, 0.1) is 27.7 Å². The Morgan fingerprint density at radius 1 is 1.06 bits per heavy atom. The quantitative estimate of drug-likeness (QED) is 0.897. The Hall–Kier alpha value is -0.870. The third kappa shape index (κ3) is 3.30. The molecule has 0 heterocycles. The Morgan fingerprint density at radius 2 is 1.53 bits per heavy atom. The van der Waals surface area contributed by atoms with E-state index in [0.717, 1.165) is 5.56 Å². The summed E-state index contributed by atoms with van der Waals surface area (Å²) in [5.74, 6) is 0.121.